The van der Waals surface area contributed by atoms with E-state index in [1.165, 1.54) is 17.7 Å². The predicted molar refractivity (Wildman–Crippen MR) is 76.5 cm³/mol. The molecule has 0 atom stereocenters. The van der Waals surface area contributed by atoms with Crippen LogP contribution in [0, 0.1) is 6.92 Å². The number of carbonyl (C=O) groups is 1. The Balaban J connectivity index is 2.94. The van der Waals surface area contributed by atoms with E-state index in [0.717, 1.165) is 18.4 Å². The van der Waals surface area contributed by atoms with Crippen LogP contribution in [0.4, 0.5) is 18.9 Å². The van der Waals surface area contributed by atoms with Crippen molar-refractivity contribution < 1.29 is 34.8 Å². The highest BCUT2D eigenvalue weighted by molar-refractivity contribution is 7.93. The Labute approximate surface area is 131 Å². The average molecular weight is 374 g/mol. The topological polar surface area (TPSA) is 109 Å². The van der Waals surface area contributed by atoms with Crippen molar-refractivity contribution in [1.29, 1.82) is 0 Å². The lowest BCUT2D eigenvalue weighted by molar-refractivity contribution is -0.118. The zero-order chi connectivity index (χ0) is 18.1. The van der Waals surface area contributed by atoms with Gasteiger partial charge in [0, 0.05) is 5.69 Å². The molecule has 0 aliphatic rings. The van der Waals surface area contributed by atoms with Gasteiger partial charge in [0.05, 0.1) is 12.7 Å². The van der Waals surface area contributed by atoms with Gasteiger partial charge < -0.3 is 0 Å². The molecule has 12 heteroatoms. The van der Waals surface area contributed by atoms with Gasteiger partial charge in [0.2, 0.25) is 15.9 Å². The smallest absolute Gasteiger partial charge is 0.276 e. The maximum absolute atomic E-state index is 12.3. The first kappa shape index (κ1) is 19.2. The standard InChI is InChI=1S/C11H13F3N2O5S2/c1-7-5-9(15-23(20,21)11(12,13)14)4-3-8(7)6-10(17)16-22(2,18)19/h3-5,15H,6H2,1-2H3,(H,16,17). The van der Waals surface area contributed by atoms with E-state index in [4.69, 9.17) is 0 Å². The van der Waals surface area contributed by atoms with Gasteiger partial charge in [0.15, 0.2) is 0 Å². The summed E-state index contributed by atoms with van der Waals surface area (Å²) in [7, 11) is -9.26. The van der Waals surface area contributed by atoms with Crippen molar-refractivity contribution in [2.24, 2.45) is 0 Å². The van der Waals surface area contributed by atoms with Crippen molar-refractivity contribution in [3.63, 3.8) is 0 Å². The number of hydrogen-bond acceptors (Lipinski definition) is 5. The largest absolute Gasteiger partial charge is 0.516 e. The van der Waals surface area contributed by atoms with Crippen LogP contribution in [0.2, 0.25) is 0 Å². The molecular formula is C11H13F3N2O5S2. The van der Waals surface area contributed by atoms with Gasteiger partial charge in [0.25, 0.3) is 0 Å². The monoisotopic (exact) mass is 374 g/mol. The van der Waals surface area contributed by atoms with Crippen molar-refractivity contribution in [2.45, 2.75) is 18.9 Å². The van der Waals surface area contributed by atoms with Gasteiger partial charge in [-0.15, -0.1) is 0 Å². The fourth-order valence-electron chi connectivity index (χ4n) is 1.59. The minimum absolute atomic E-state index is 0.316. The Morgan fingerprint density at radius 1 is 1.17 bits per heavy atom. The van der Waals surface area contributed by atoms with Gasteiger partial charge in [-0.25, -0.2) is 8.42 Å². The van der Waals surface area contributed by atoms with Crippen LogP contribution in [-0.4, -0.2) is 34.5 Å². The molecule has 0 saturated carbocycles. The van der Waals surface area contributed by atoms with E-state index in [1.54, 1.807) is 4.72 Å². The molecule has 2 N–H and O–H groups in total. The fraction of sp³-hybridized carbons (Fsp3) is 0.364. The molecule has 0 fully saturated rings. The minimum Gasteiger partial charge on any atom is -0.276 e. The Hall–Kier alpha value is -1.82. The molecule has 1 amide bonds. The maximum atomic E-state index is 12.3. The fourth-order valence-corrected chi connectivity index (χ4v) is 2.63. The molecule has 0 heterocycles. The number of carbonyl (C=O) groups excluding carboxylic acids is 1. The summed E-state index contributed by atoms with van der Waals surface area (Å²) in [4.78, 5) is 11.5. The van der Waals surface area contributed by atoms with Crippen LogP contribution < -0.4 is 9.44 Å². The van der Waals surface area contributed by atoms with Gasteiger partial charge in [-0.05, 0) is 30.2 Å². The number of halogens is 3. The molecule has 23 heavy (non-hydrogen) atoms. The molecule has 130 valence electrons. The van der Waals surface area contributed by atoms with Gasteiger partial charge >= 0.3 is 15.5 Å². The van der Waals surface area contributed by atoms with Crippen LogP contribution in [0.15, 0.2) is 18.2 Å². The van der Waals surface area contributed by atoms with E-state index in [2.05, 4.69) is 0 Å². The Bertz CT molecular complexity index is 817. The van der Waals surface area contributed by atoms with Crippen LogP contribution >= 0.6 is 0 Å². The van der Waals surface area contributed by atoms with Crippen LogP contribution in [0.3, 0.4) is 0 Å². The normalized spacial score (nSPS) is 12.7. The first-order chi connectivity index (χ1) is 10.2. The molecule has 0 aromatic heterocycles. The summed E-state index contributed by atoms with van der Waals surface area (Å²) in [6, 6.07) is 3.37. The summed E-state index contributed by atoms with van der Waals surface area (Å²) in [5.74, 6) is -0.820. The molecule has 1 aromatic carbocycles. The molecule has 0 aliphatic heterocycles. The van der Waals surface area contributed by atoms with Crippen molar-refractivity contribution in [2.75, 3.05) is 11.0 Å². The van der Waals surface area contributed by atoms with Crippen LogP contribution in [0.25, 0.3) is 0 Å². The van der Waals surface area contributed by atoms with Gasteiger partial charge in [0.1, 0.15) is 0 Å². The lowest BCUT2D eigenvalue weighted by Gasteiger charge is -2.12. The Kier molecular flexibility index (Phi) is 5.31. The highest BCUT2D eigenvalue weighted by Gasteiger charge is 2.46. The summed E-state index contributed by atoms with van der Waals surface area (Å²) in [6.07, 6.45) is 0.470. The number of nitrogens with one attached hydrogen (secondary N) is 2. The maximum Gasteiger partial charge on any atom is 0.516 e. The second-order valence-electron chi connectivity index (χ2n) is 4.67. The van der Waals surface area contributed by atoms with Crippen LogP contribution in [0.1, 0.15) is 11.1 Å². The van der Waals surface area contributed by atoms with Gasteiger partial charge in [-0.3, -0.25) is 14.2 Å². The SMILES string of the molecule is Cc1cc(NS(=O)(=O)C(F)(F)F)ccc1CC(=O)NS(C)(=O)=O. The number of sulfonamides is 2. The molecule has 0 bridgehead atoms. The molecule has 0 spiro atoms. The molecule has 0 radical (unpaired) electrons. The van der Waals surface area contributed by atoms with Crippen LogP contribution in [0.5, 0.6) is 0 Å². The third-order valence-corrected chi connectivity index (χ3v) is 4.26. The molecule has 0 unspecified atom stereocenters. The number of anilines is 1. The predicted octanol–water partition coefficient (Wildman–Crippen LogP) is 0.875. The summed E-state index contributed by atoms with van der Waals surface area (Å²) in [5.41, 5.74) is -5.13. The summed E-state index contributed by atoms with van der Waals surface area (Å²) >= 11 is 0. The molecule has 1 rings (SSSR count). The first-order valence-corrected chi connectivity index (χ1v) is 9.28. The quantitative estimate of drug-likeness (QED) is 0.795. The lowest BCUT2D eigenvalue weighted by atomic mass is 10.1. The lowest BCUT2D eigenvalue weighted by Crippen LogP contribution is -2.31. The second kappa shape index (κ2) is 6.35. The minimum atomic E-state index is -5.54. The van der Waals surface area contributed by atoms with E-state index in [1.807, 2.05) is 0 Å². The summed E-state index contributed by atoms with van der Waals surface area (Å²) < 4.78 is 83.7. The van der Waals surface area contributed by atoms with E-state index in [0.29, 0.717) is 11.1 Å². The first-order valence-electron chi connectivity index (χ1n) is 5.90. The third-order valence-electron chi connectivity index (χ3n) is 2.55. The highest BCUT2D eigenvalue weighted by Crippen LogP contribution is 2.26. The van der Waals surface area contributed by atoms with Gasteiger partial charge in [-0.2, -0.15) is 21.6 Å². The number of rotatable bonds is 5. The molecule has 1 aromatic rings. The Morgan fingerprint density at radius 2 is 1.74 bits per heavy atom. The van der Waals surface area contributed by atoms with Crippen molar-refractivity contribution in [3.05, 3.63) is 29.3 Å². The van der Waals surface area contributed by atoms with E-state index in [9.17, 15) is 34.8 Å². The molecule has 7 nitrogen and oxygen atoms in total. The number of alkyl halides is 3. The van der Waals surface area contributed by atoms with E-state index < -0.39 is 31.5 Å². The number of hydrogen-bond donors (Lipinski definition) is 2. The molecular weight excluding hydrogens is 361 g/mol. The van der Waals surface area contributed by atoms with Crippen molar-refractivity contribution >= 4 is 31.6 Å². The summed E-state index contributed by atoms with van der Waals surface area (Å²) in [5, 5.41) is 0. The average Bonchev–Trinajstić information content (AvgIpc) is 2.28. The number of amides is 1. The number of aryl methyl sites for hydroxylation is 1. The second-order valence-corrected chi connectivity index (χ2v) is 8.09. The van der Waals surface area contributed by atoms with E-state index >= 15 is 0 Å². The van der Waals surface area contributed by atoms with Crippen molar-refractivity contribution in [3.8, 4) is 0 Å². The zero-order valence-corrected chi connectivity index (χ0v) is 13.6. The van der Waals surface area contributed by atoms with Gasteiger partial charge in [-0.1, -0.05) is 6.07 Å². The highest BCUT2D eigenvalue weighted by atomic mass is 32.2. The Morgan fingerprint density at radius 3 is 2.17 bits per heavy atom. The zero-order valence-electron chi connectivity index (χ0n) is 11.9. The third kappa shape index (κ3) is 5.71. The number of benzene rings is 1. The van der Waals surface area contributed by atoms with E-state index in [-0.39, 0.29) is 12.1 Å². The molecule has 0 aliphatic carbocycles. The van der Waals surface area contributed by atoms with Crippen molar-refractivity contribution in [1.82, 2.24) is 4.72 Å². The van der Waals surface area contributed by atoms with Crippen LogP contribution in [-0.2, 0) is 31.3 Å². The molecule has 0 saturated heterocycles. The summed E-state index contributed by atoms with van der Waals surface area (Å²) in [6.45, 7) is 1.44.